The fraction of sp³-hybridized carbons (Fsp3) is 0.750. The molecule has 0 spiro atoms. The molecule has 0 rings (SSSR count). The number of ether oxygens (including phenoxy) is 1. The summed E-state index contributed by atoms with van der Waals surface area (Å²) >= 11 is 0. The van der Waals surface area contributed by atoms with E-state index in [1.54, 1.807) is 6.26 Å². The predicted molar refractivity (Wildman–Crippen MR) is 59.1 cm³/mol. The van der Waals surface area contributed by atoms with Crippen LogP contribution in [0, 0.1) is 0 Å². The fourth-order valence-electron chi connectivity index (χ4n) is 1.27. The Morgan fingerprint density at radius 1 is 1.14 bits per heavy atom. The maximum absolute atomic E-state index is 10.6. The lowest BCUT2D eigenvalue weighted by Crippen LogP contribution is -1.89. The quantitative estimate of drug-likeness (QED) is 0.245. The van der Waals surface area contributed by atoms with Crippen LogP contribution >= 0.6 is 0 Å². The van der Waals surface area contributed by atoms with Gasteiger partial charge >= 0.3 is 0 Å². The zero-order chi connectivity index (χ0) is 10.6. The molecule has 14 heavy (non-hydrogen) atoms. The highest BCUT2D eigenvalue weighted by atomic mass is 16.5. The first-order valence-electron chi connectivity index (χ1n) is 5.61. The van der Waals surface area contributed by atoms with E-state index in [1.165, 1.54) is 25.7 Å². The Morgan fingerprint density at radius 2 is 1.86 bits per heavy atom. The van der Waals surface area contributed by atoms with E-state index in [9.17, 15) is 4.79 Å². The summed E-state index contributed by atoms with van der Waals surface area (Å²) in [6, 6.07) is 0. The van der Waals surface area contributed by atoms with E-state index in [1.807, 2.05) is 6.92 Å². The molecule has 0 unspecified atom stereocenters. The summed E-state index contributed by atoms with van der Waals surface area (Å²) in [5, 5.41) is 0. The first kappa shape index (κ1) is 13.2. The van der Waals surface area contributed by atoms with Gasteiger partial charge in [0.2, 0.25) is 0 Å². The van der Waals surface area contributed by atoms with Crippen molar-refractivity contribution in [2.45, 2.75) is 52.4 Å². The predicted octanol–water partition coefficient (Wildman–Crippen LogP) is 3.47. The average molecular weight is 198 g/mol. The zero-order valence-electron chi connectivity index (χ0n) is 9.42. The molecule has 0 aromatic heterocycles. The molecule has 0 saturated heterocycles. The van der Waals surface area contributed by atoms with Crippen molar-refractivity contribution in [3.63, 3.8) is 0 Å². The van der Waals surface area contributed by atoms with Crippen LogP contribution in [-0.4, -0.2) is 12.9 Å². The summed E-state index contributed by atoms with van der Waals surface area (Å²) in [6.07, 6.45) is 9.48. The van der Waals surface area contributed by atoms with Crippen molar-refractivity contribution in [3.8, 4) is 0 Å². The molecule has 0 radical (unpaired) electrons. The van der Waals surface area contributed by atoms with E-state index in [2.05, 4.69) is 6.92 Å². The molecular weight excluding hydrogens is 176 g/mol. The molecule has 0 heterocycles. The second-order valence-electron chi connectivity index (χ2n) is 3.43. The normalized spacial score (nSPS) is 11.4. The van der Waals surface area contributed by atoms with Crippen LogP contribution in [0.25, 0.3) is 0 Å². The third-order valence-corrected chi connectivity index (χ3v) is 2.12. The smallest absolute Gasteiger partial charge is 0.149 e. The lowest BCUT2D eigenvalue weighted by atomic mass is 10.1. The molecule has 0 saturated carbocycles. The Balaban J connectivity index is 3.47. The zero-order valence-corrected chi connectivity index (χ0v) is 9.42. The van der Waals surface area contributed by atoms with Crippen LogP contribution in [0.1, 0.15) is 52.4 Å². The van der Waals surface area contributed by atoms with Crippen molar-refractivity contribution in [2.75, 3.05) is 6.61 Å². The lowest BCUT2D eigenvalue weighted by molar-refractivity contribution is -0.105. The molecule has 82 valence electrons. The standard InChI is InChI=1S/C12H22O2/c1-3-5-6-7-8-9-12(10-13)11-14-4-2/h10-11H,3-9H2,1-2H3/b12-11+. The first-order valence-corrected chi connectivity index (χ1v) is 5.61. The number of aldehydes is 1. The number of rotatable bonds is 9. The molecule has 0 aliphatic heterocycles. The van der Waals surface area contributed by atoms with Gasteiger partial charge in [-0.1, -0.05) is 32.6 Å². The van der Waals surface area contributed by atoms with Crippen molar-refractivity contribution in [3.05, 3.63) is 11.8 Å². The van der Waals surface area contributed by atoms with Gasteiger partial charge < -0.3 is 4.74 Å². The highest BCUT2D eigenvalue weighted by Crippen LogP contribution is 2.09. The lowest BCUT2D eigenvalue weighted by Gasteiger charge is -2.01. The first-order chi connectivity index (χ1) is 6.85. The summed E-state index contributed by atoms with van der Waals surface area (Å²) in [5.74, 6) is 0. The van der Waals surface area contributed by atoms with Crippen LogP contribution in [0.3, 0.4) is 0 Å². The van der Waals surface area contributed by atoms with Gasteiger partial charge in [0.05, 0.1) is 12.9 Å². The largest absolute Gasteiger partial charge is 0.501 e. The maximum Gasteiger partial charge on any atom is 0.149 e. The molecule has 2 nitrogen and oxygen atoms in total. The number of hydrogen-bond donors (Lipinski definition) is 0. The van der Waals surface area contributed by atoms with Gasteiger partial charge in [-0.3, -0.25) is 4.79 Å². The fourth-order valence-corrected chi connectivity index (χ4v) is 1.27. The molecule has 0 aliphatic carbocycles. The number of hydrogen-bond acceptors (Lipinski definition) is 2. The molecule has 0 atom stereocenters. The Kier molecular flexibility index (Phi) is 9.71. The van der Waals surface area contributed by atoms with Crippen LogP contribution in [0.2, 0.25) is 0 Å². The Hall–Kier alpha value is -0.790. The second-order valence-corrected chi connectivity index (χ2v) is 3.43. The van der Waals surface area contributed by atoms with Gasteiger partial charge in [0.25, 0.3) is 0 Å². The molecule has 2 heteroatoms. The number of unbranched alkanes of at least 4 members (excludes halogenated alkanes) is 4. The van der Waals surface area contributed by atoms with Crippen molar-refractivity contribution < 1.29 is 9.53 Å². The third-order valence-electron chi connectivity index (χ3n) is 2.12. The van der Waals surface area contributed by atoms with Gasteiger partial charge in [0.1, 0.15) is 6.29 Å². The van der Waals surface area contributed by atoms with Crippen molar-refractivity contribution in [2.24, 2.45) is 0 Å². The molecule has 0 N–H and O–H groups in total. The molecule has 0 fully saturated rings. The van der Waals surface area contributed by atoms with E-state index in [0.717, 1.165) is 24.7 Å². The van der Waals surface area contributed by atoms with E-state index >= 15 is 0 Å². The van der Waals surface area contributed by atoms with Crippen molar-refractivity contribution in [1.82, 2.24) is 0 Å². The van der Waals surface area contributed by atoms with Gasteiger partial charge in [-0.2, -0.15) is 0 Å². The van der Waals surface area contributed by atoms with Gasteiger partial charge in [0.15, 0.2) is 0 Å². The minimum Gasteiger partial charge on any atom is -0.501 e. The van der Waals surface area contributed by atoms with Crippen LogP contribution in [0.15, 0.2) is 11.8 Å². The number of carbonyl (C=O) groups excluding carboxylic acids is 1. The molecule has 0 aromatic rings. The van der Waals surface area contributed by atoms with Crippen LogP contribution in [-0.2, 0) is 9.53 Å². The van der Waals surface area contributed by atoms with Crippen molar-refractivity contribution in [1.29, 1.82) is 0 Å². The third kappa shape index (κ3) is 7.84. The Bertz CT molecular complexity index is 162. The molecule has 0 aliphatic rings. The summed E-state index contributed by atoms with van der Waals surface area (Å²) in [5.41, 5.74) is 0.781. The minimum absolute atomic E-state index is 0.632. The van der Waals surface area contributed by atoms with Crippen LogP contribution < -0.4 is 0 Å². The molecule has 0 bridgehead atoms. The Morgan fingerprint density at radius 3 is 2.43 bits per heavy atom. The summed E-state index contributed by atoms with van der Waals surface area (Å²) in [4.78, 5) is 10.6. The minimum atomic E-state index is 0.632. The topological polar surface area (TPSA) is 26.3 Å². The van der Waals surface area contributed by atoms with Crippen LogP contribution in [0.4, 0.5) is 0 Å². The van der Waals surface area contributed by atoms with Gasteiger partial charge in [-0.05, 0) is 19.8 Å². The monoisotopic (exact) mass is 198 g/mol. The number of allylic oxidation sites excluding steroid dienone is 1. The van der Waals surface area contributed by atoms with Crippen LogP contribution in [0.5, 0.6) is 0 Å². The molecular formula is C12H22O2. The van der Waals surface area contributed by atoms with E-state index < -0.39 is 0 Å². The molecule has 0 aromatic carbocycles. The summed E-state index contributed by atoms with van der Waals surface area (Å²) in [6.45, 7) is 4.75. The van der Waals surface area contributed by atoms with E-state index in [4.69, 9.17) is 4.74 Å². The highest BCUT2D eigenvalue weighted by Gasteiger charge is 1.96. The second kappa shape index (κ2) is 10.3. The summed E-state index contributed by atoms with van der Waals surface area (Å²) < 4.78 is 5.07. The van der Waals surface area contributed by atoms with E-state index in [-0.39, 0.29) is 0 Å². The summed E-state index contributed by atoms with van der Waals surface area (Å²) in [7, 11) is 0. The van der Waals surface area contributed by atoms with Gasteiger partial charge in [0, 0.05) is 5.57 Å². The van der Waals surface area contributed by atoms with Gasteiger partial charge in [-0.15, -0.1) is 0 Å². The number of carbonyl (C=O) groups is 1. The van der Waals surface area contributed by atoms with E-state index in [0.29, 0.717) is 6.61 Å². The van der Waals surface area contributed by atoms with Crippen molar-refractivity contribution >= 4 is 6.29 Å². The molecule has 0 amide bonds. The Labute approximate surface area is 87.3 Å². The highest BCUT2D eigenvalue weighted by molar-refractivity contribution is 5.72. The maximum atomic E-state index is 10.6. The van der Waals surface area contributed by atoms with Gasteiger partial charge in [-0.25, -0.2) is 0 Å². The average Bonchev–Trinajstić information content (AvgIpc) is 2.22. The SMILES string of the molecule is CCCCCCC/C(C=O)=C\OCC.